The molecule has 5 heterocycles. The highest BCUT2D eigenvalue weighted by Crippen LogP contribution is 2.37. The Kier molecular flexibility index (Phi) is 4.68. The molecule has 1 aromatic carbocycles. The zero-order valence-electron chi connectivity index (χ0n) is 17.7. The van der Waals surface area contributed by atoms with E-state index >= 15 is 0 Å². The number of rotatable bonds is 5. The molecule has 0 radical (unpaired) electrons. The number of aromatic nitrogens is 5. The van der Waals surface area contributed by atoms with Crippen molar-refractivity contribution in [3.63, 3.8) is 0 Å². The average molecular weight is 422 g/mol. The lowest BCUT2D eigenvalue weighted by Gasteiger charge is -2.15. The average Bonchev–Trinajstić information content (AvgIpc) is 3.45. The molecule has 0 fully saturated rings. The predicted molar refractivity (Wildman–Crippen MR) is 123 cm³/mol. The van der Waals surface area contributed by atoms with Crippen LogP contribution in [0.5, 0.6) is 5.75 Å². The van der Waals surface area contributed by atoms with E-state index in [1.54, 1.807) is 0 Å². The monoisotopic (exact) mass is 421 g/mol. The van der Waals surface area contributed by atoms with Gasteiger partial charge in [-0.15, -0.1) is 0 Å². The Morgan fingerprint density at radius 2 is 1.78 bits per heavy atom. The van der Waals surface area contributed by atoms with Crippen LogP contribution in [0.4, 0.5) is 0 Å². The van der Waals surface area contributed by atoms with Crippen LogP contribution < -0.4 is 4.74 Å². The van der Waals surface area contributed by atoms with Crippen LogP contribution in [-0.2, 0) is 19.6 Å². The third kappa shape index (κ3) is 3.43. The van der Waals surface area contributed by atoms with Gasteiger partial charge < -0.3 is 9.14 Å². The molecule has 32 heavy (non-hydrogen) atoms. The molecule has 6 heteroatoms. The summed E-state index contributed by atoms with van der Waals surface area (Å²) in [7, 11) is 0. The molecule has 158 valence electrons. The summed E-state index contributed by atoms with van der Waals surface area (Å²) in [6, 6.07) is 18.4. The van der Waals surface area contributed by atoms with Crippen LogP contribution in [0.15, 0.2) is 79.4 Å². The Hall–Kier alpha value is -3.93. The fourth-order valence-corrected chi connectivity index (χ4v) is 4.44. The summed E-state index contributed by atoms with van der Waals surface area (Å²) < 4.78 is 10.2. The van der Waals surface area contributed by atoms with E-state index in [4.69, 9.17) is 9.84 Å². The standard InChI is InChI=1S/C26H23N5O/c1-4-16-31-23(5-1)25(26(29-31)20-11-13-27-14-12-20)19-7-9-22(10-8-19)32-18-21-17-30-15-3-2-6-24(30)28-21/h2-3,6-15,17H,1,4-5,16,18H2. The molecule has 4 aromatic heterocycles. The molecule has 0 saturated heterocycles. The number of hydrogen-bond donors (Lipinski definition) is 0. The van der Waals surface area contributed by atoms with E-state index in [0.717, 1.165) is 41.3 Å². The van der Waals surface area contributed by atoms with Crippen molar-refractivity contribution in [2.45, 2.75) is 32.4 Å². The molecule has 1 aliphatic rings. The van der Waals surface area contributed by atoms with Crippen LogP contribution in [0.1, 0.15) is 24.2 Å². The van der Waals surface area contributed by atoms with E-state index in [1.165, 1.54) is 29.7 Å². The Morgan fingerprint density at radius 1 is 0.906 bits per heavy atom. The van der Waals surface area contributed by atoms with Crippen LogP contribution in [0.2, 0.25) is 0 Å². The van der Waals surface area contributed by atoms with Gasteiger partial charge in [0.15, 0.2) is 0 Å². The van der Waals surface area contributed by atoms with Gasteiger partial charge in [0, 0.05) is 48.2 Å². The van der Waals surface area contributed by atoms with Gasteiger partial charge in [-0.05, 0) is 61.2 Å². The summed E-state index contributed by atoms with van der Waals surface area (Å²) in [5.74, 6) is 0.831. The highest BCUT2D eigenvalue weighted by molar-refractivity contribution is 5.83. The van der Waals surface area contributed by atoms with Gasteiger partial charge in [0.05, 0.1) is 5.69 Å². The molecule has 0 bridgehead atoms. The van der Waals surface area contributed by atoms with Crippen molar-refractivity contribution in [3.8, 4) is 28.1 Å². The van der Waals surface area contributed by atoms with E-state index in [0.29, 0.717) is 6.61 Å². The van der Waals surface area contributed by atoms with Gasteiger partial charge in [0.2, 0.25) is 0 Å². The minimum Gasteiger partial charge on any atom is -0.487 e. The molecule has 0 aliphatic carbocycles. The predicted octanol–water partition coefficient (Wildman–Crippen LogP) is 5.18. The maximum atomic E-state index is 6.02. The maximum absolute atomic E-state index is 6.02. The van der Waals surface area contributed by atoms with Crippen molar-refractivity contribution in [2.24, 2.45) is 0 Å². The normalized spacial score (nSPS) is 13.2. The number of hydrogen-bond acceptors (Lipinski definition) is 4. The van der Waals surface area contributed by atoms with E-state index in [1.807, 2.05) is 71.7 Å². The van der Waals surface area contributed by atoms with Gasteiger partial charge in [0.1, 0.15) is 23.7 Å². The molecule has 0 amide bonds. The van der Waals surface area contributed by atoms with Gasteiger partial charge in [-0.2, -0.15) is 5.10 Å². The number of nitrogens with zero attached hydrogens (tertiary/aromatic N) is 5. The van der Waals surface area contributed by atoms with Crippen LogP contribution in [0.25, 0.3) is 28.0 Å². The first-order valence-corrected chi connectivity index (χ1v) is 11.0. The Labute approximate surface area is 186 Å². The Morgan fingerprint density at radius 3 is 2.62 bits per heavy atom. The third-order valence-corrected chi connectivity index (χ3v) is 5.99. The van der Waals surface area contributed by atoms with Crippen molar-refractivity contribution in [2.75, 3.05) is 0 Å². The molecule has 5 aromatic rings. The van der Waals surface area contributed by atoms with Crippen molar-refractivity contribution >= 4 is 5.65 Å². The van der Waals surface area contributed by atoms with Crippen LogP contribution >= 0.6 is 0 Å². The lowest BCUT2D eigenvalue weighted by molar-refractivity contribution is 0.302. The molecule has 0 atom stereocenters. The molecule has 0 unspecified atom stereocenters. The second kappa shape index (κ2) is 7.96. The number of pyridine rings is 2. The Bertz CT molecular complexity index is 1340. The fourth-order valence-electron chi connectivity index (χ4n) is 4.44. The molecular formula is C26H23N5O. The van der Waals surface area contributed by atoms with Crippen molar-refractivity contribution in [3.05, 3.63) is 90.8 Å². The minimum absolute atomic E-state index is 0.437. The molecule has 0 N–H and O–H groups in total. The number of ether oxygens (including phenoxy) is 1. The highest BCUT2D eigenvalue weighted by atomic mass is 16.5. The fraction of sp³-hybridized carbons (Fsp3) is 0.192. The first-order valence-electron chi connectivity index (χ1n) is 11.0. The zero-order chi connectivity index (χ0) is 21.3. The van der Waals surface area contributed by atoms with Crippen LogP contribution in [0.3, 0.4) is 0 Å². The van der Waals surface area contributed by atoms with E-state index in [9.17, 15) is 0 Å². The first kappa shape index (κ1) is 18.8. The zero-order valence-corrected chi connectivity index (χ0v) is 17.7. The van der Waals surface area contributed by atoms with Crippen molar-refractivity contribution < 1.29 is 4.74 Å². The third-order valence-electron chi connectivity index (χ3n) is 5.99. The SMILES string of the molecule is c1ccn2cc(COc3ccc(-c4c(-c5ccncc5)nn5c4CCCC5)cc3)nc2c1. The summed E-state index contributed by atoms with van der Waals surface area (Å²) in [6.07, 6.45) is 11.1. The van der Waals surface area contributed by atoms with Gasteiger partial charge in [-0.25, -0.2) is 4.98 Å². The quantitative estimate of drug-likeness (QED) is 0.393. The maximum Gasteiger partial charge on any atom is 0.137 e. The summed E-state index contributed by atoms with van der Waals surface area (Å²) >= 11 is 0. The number of benzene rings is 1. The topological polar surface area (TPSA) is 57.2 Å². The second-order valence-corrected chi connectivity index (χ2v) is 8.10. The number of imidazole rings is 1. The van der Waals surface area contributed by atoms with Crippen molar-refractivity contribution in [1.29, 1.82) is 0 Å². The van der Waals surface area contributed by atoms with E-state index < -0.39 is 0 Å². The summed E-state index contributed by atoms with van der Waals surface area (Å²) in [5.41, 5.74) is 7.68. The van der Waals surface area contributed by atoms with Crippen molar-refractivity contribution in [1.82, 2.24) is 24.1 Å². The van der Waals surface area contributed by atoms with Crippen LogP contribution in [0, 0.1) is 0 Å². The summed E-state index contributed by atoms with van der Waals surface area (Å²) in [4.78, 5) is 8.77. The van der Waals surface area contributed by atoms with Crippen LogP contribution in [-0.4, -0.2) is 24.1 Å². The van der Waals surface area contributed by atoms with Gasteiger partial charge in [-0.3, -0.25) is 9.67 Å². The highest BCUT2D eigenvalue weighted by Gasteiger charge is 2.22. The molecule has 6 nitrogen and oxygen atoms in total. The van der Waals surface area contributed by atoms with E-state index in [-0.39, 0.29) is 0 Å². The first-order chi connectivity index (χ1) is 15.8. The minimum atomic E-state index is 0.437. The molecule has 1 aliphatic heterocycles. The summed E-state index contributed by atoms with van der Waals surface area (Å²) in [6.45, 7) is 1.42. The lowest BCUT2D eigenvalue weighted by Crippen LogP contribution is -2.11. The Balaban J connectivity index is 1.28. The molecular weight excluding hydrogens is 398 g/mol. The van der Waals surface area contributed by atoms with Gasteiger partial charge in [0.25, 0.3) is 0 Å². The van der Waals surface area contributed by atoms with Gasteiger partial charge >= 0.3 is 0 Å². The lowest BCUT2D eigenvalue weighted by atomic mass is 9.96. The molecule has 0 saturated carbocycles. The van der Waals surface area contributed by atoms with Gasteiger partial charge in [-0.1, -0.05) is 18.2 Å². The smallest absolute Gasteiger partial charge is 0.137 e. The molecule has 6 rings (SSSR count). The second-order valence-electron chi connectivity index (χ2n) is 8.10. The summed E-state index contributed by atoms with van der Waals surface area (Å²) in [5, 5.41) is 4.96. The van der Waals surface area contributed by atoms with E-state index in [2.05, 4.69) is 26.8 Å². The largest absolute Gasteiger partial charge is 0.487 e. The number of aryl methyl sites for hydroxylation is 1. The number of fused-ring (bicyclic) bond motifs is 2. The molecule has 0 spiro atoms.